The first-order valence-electron chi connectivity index (χ1n) is 6.93. The van der Waals surface area contributed by atoms with E-state index >= 15 is 0 Å². The maximum absolute atomic E-state index is 10.8. The molecular formula is C15H18N2O6. The predicted molar refractivity (Wildman–Crippen MR) is 81.2 cm³/mol. The van der Waals surface area contributed by atoms with E-state index in [0.717, 1.165) is 18.9 Å². The zero-order valence-electron chi connectivity index (χ0n) is 12.3. The van der Waals surface area contributed by atoms with Gasteiger partial charge in [-0.3, -0.25) is 4.79 Å². The van der Waals surface area contributed by atoms with Crippen molar-refractivity contribution in [3.63, 3.8) is 0 Å². The Balaban J connectivity index is 0.000000284. The van der Waals surface area contributed by atoms with Crippen molar-refractivity contribution in [3.05, 3.63) is 36.5 Å². The smallest absolute Gasteiger partial charge is 0.328 e. The number of anilines is 1. The van der Waals surface area contributed by atoms with E-state index < -0.39 is 17.9 Å². The fourth-order valence-corrected chi connectivity index (χ4v) is 2.04. The van der Waals surface area contributed by atoms with Crippen LogP contribution in [-0.4, -0.2) is 51.3 Å². The van der Waals surface area contributed by atoms with Crippen LogP contribution in [0.1, 0.15) is 12.8 Å². The summed E-state index contributed by atoms with van der Waals surface area (Å²) in [5.74, 6) is -2.42. The Labute approximate surface area is 132 Å². The highest BCUT2D eigenvalue weighted by Gasteiger charge is 2.24. The molecule has 0 saturated carbocycles. The van der Waals surface area contributed by atoms with Gasteiger partial charge in [0.05, 0.1) is 5.92 Å². The lowest BCUT2D eigenvalue weighted by atomic mass is 9.97. The molecular weight excluding hydrogens is 304 g/mol. The van der Waals surface area contributed by atoms with Crippen LogP contribution >= 0.6 is 0 Å². The second kappa shape index (κ2) is 9.19. The van der Waals surface area contributed by atoms with Crippen molar-refractivity contribution in [2.45, 2.75) is 12.8 Å². The maximum atomic E-state index is 10.8. The van der Waals surface area contributed by atoms with Gasteiger partial charge in [0.1, 0.15) is 5.82 Å². The number of carboxylic acid groups (broad SMARTS) is 3. The molecule has 23 heavy (non-hydrogen) atoms. The second-order valence-corrected chi connectivity index (χ2v) is 4.80. The molecule has 0 unspecified atom stereocenters. The summed E-state index contributed by atoms with van der Waals surface area (Å²) in [6, 6.07) is 5.79. The summed E-state index contributed by atoms with van der Waals surface area (Å²) in [5.41, 5.74) is 0. The fraction of sp³-hybridized carbons (Fsp3) is 0.333. The first kappa shape index (κ1) is 18.1. The molecule has 124 valence electrons. The molecule has 1 fully saturated rings. The number of aromatic nitrogens is 1. The molecule has 1 aliphatic rings. The summed E-state index contributed by atoms with van der Waals surface area (Å²) in [4.78, 5) is 36.3. The highest BCUT2D eigenvalue weighted by Crippen LogP contribution is 2.21. The summed E-state index contributed by atoms with van der Waals surface area (Å²) < 4.78 is 0. The molecule has 0 radical (unpaired) electrons. The lowest BCUT2D eigenvalue weighted by Gasteiger charge is -2.30. The van der Waals surface area contributed by atoms with Crippen LogP contribution in [0.4, 0.5) is 5.82 Å². The molecule has 0 aliphatic carbocycles. The van der Waals surface area contributed by atoms with Crippen LogP contribution in [-0.2, 0) is 14.4 Å². The molecule has 2 heterocycles. The number of carboxylic acids is 3. The number of piperidine rings is 1. The highest BCUT2D eigenvalue weighted by atomic mass is 16.4. The molecule has 1 aromatic rings. The van der Waals surface area contributed by atoms with Gasteiger partial charge in [-0.25, -0.2) is 14.6 Å². The summed E-state index contributed by atoms with van der Waals surface area (Å²) in [7, 11) is 0. The van der Waals surface area contributed by atoms with E-state index in [4.69, 9.17) is 15.3 Å². The van der Waals surface area contributed by atoms with Crippen LogP contribution < -0.4 is 4.90 Å². The molecule has 3 N–H and O–H groups in total. The lowest BCUT2D eigenvalue weighted by molar-refractivity contribution is -0.142. The van der Waals surface area contributed by atoms with Gasteiger partial charge < -0.3 is 20.2 Å². The van der Waals surface area contributed by atoms with E-state index in [0.29, 0.717) is 25.0 Å². The van der Waals surface area contributed by atoms with Crippen LogP contribution in [0.3, 0.4) is 0 Å². The summed E-state index contributed by atoms with van der Waals surface area (Å²) in [6.45, 7) is 1.57. The Morgan fingerprint density at radius 2 is 1.61 bits per heavy atom. The minimum atomic E-state index is -1.26. The molecule has 0 aromatic carbocycles. The number of rotatable bonds is 4. The van der Waals surface area contributed by atoms with E-state index in [-0.39, 0.29) is 5.92 Å². The van der Waals surface area contributed by atoms with Crippen molar-refractivity contribution in [3.8, 4) is 0 Å². The number of carbonyl (C=O) groups is 3. The minimum absolute atomic E-state index is 0.176. The average molecular weight is 322 g/mol. The topological polar surface area (TPSA) is 128 Å². The standard InChI is InChI=1S/C11H14N2O2.C4H4O4/c14-11(15)9-4-7-13(8-5-9)10-3-1-2-6-12-10;5-3(6)1-2-4(7)8/h1-3,6,9H,4-5,7-8H2,(H,14,15);1-2H,(H,5,6)(H,7,8)/b;2-1-. The second-order valence-electron chi connectivity index (χ2n) is 4.80. The highest BCUT2D eigenvalue weighted by molar-refractivity contribution is 5.89. The first-order chi connectivity index (χ1) is 10.9. The van der Waals surface area contributed by atoms with Crippen molar-refractivity contribution in [2.75, 3.05) is 18.0 Å². The van der Waals surface area contributed by atoms with Crippen LogP contribution in [0.25, 0.3) is 0 Å². The summed E-state index contributed by atoms with van der Waals surface area (Å²) in [6.07, 6.45) is 4.31. The van der Waals surface area contributed by atoms with Crippen LogP contribution in [0.15, 0.2) is 36.5 Å². The molecule has 8 heteroatoms. The molecule has 0 atom stereocenters. The van der Waals surface area contributed by atoms with Crippen LogP contribution in [0, 0.1) is 5.92 Å². The summed E-state index contributed by atoms with van der Waals surface area (Å²) >= 11 is 0. The van der Waals surface area contributed by atoms with E-state index in [1.807, 2.05) is 18.2 Å². The van der Waals surface area contributed by atoms with Crippen molar-refractivity contribution in [2.24, 2.45) is 5.92 Å². The van der Waals surface area contributed by atoms with Crippen molar-refractivity contribution >= 4 is 23.7 Å². The average Bonchev–Trinajstić information content (AvgIpc) is 2.54. The van der Waals surface area contributed by atoms with Crippen molar-refractivity contribution in [1.82, 2.24) is 4.98 Å². The van der Waals surface area contributed by atoms with E-state index in [1.165, 1.54) is 0 Å². The van der Waals surface area contributed by atoms with Gasteiger partial charge in [0.15, 0.2) is 0 Å². The number of aliphatic carboxylic acids is 3. The number of nitrogens with zero attached hydrogens (tertiary/aromatic N) is 2. The van der Waals surface area contributed by atoms with Crippen molar-refractivity contribution < 1.29 is 29.7 Å². The number of hydrogen-bond donors (Lipinski definition) is 3. The van der Waals surface area contributed by atoms with E-state index in [1.54, 1.807) is 6.20 Å². The predicted octanol–water partition coefficient (Wildman–Crippen LogP) is 1.09. The van der Waals surface area contributed by atoms with Gasteiger partial charge in [-0.15, -0.1) is 0 Å². The Kier molecular flexibility index (Phi) is 7.25. The first-order valence-corrected chi connectivity index (χ1v) is 6.93. The van der Waals surface area contributed by atoms with Crippen LogP contribution in [0.5, 0.6) is 0 Å². The Morgan fingerprint density at radius 3 is 2.00 bits per heavy atom. The van der Waals surface area contributed by atoms with Crippen LogP contribution in [0.2, 0.25) is 0 Å². The number of pyridine rings is 1. The van der Waals surface area contributed by atoms with Gasteiger partial charge in [0, 0.05) is 31.4 Å². The molecule has 1 aliphatic heterocycles. The third-order valence-electron chi connectivity index (χ3n) is 3.19. The molecule has 0 amide bonds. The molecule has 0 spiro atoms. The maximum Gasteiger partial charge on any atom is 0.328 e. The van der Waals surface area contributed by atoms with Gasteiger partial charge in [-0.1, -0.05) is 6.07 Å². The Morgan fingerprint density at radius 1 is 1.04 bits per heavy atom. The fourth-order valence-electron chi connectivity index (χ4n) is 2.04. The van der Waals surface area contributed by atoms with Crippen molar-refractivity contribution in [1.29, 1.82) is 0 Å². The normalized spacial score (nSPS) is 14.9. The largest absolute Gasteiger partial charge is 0.481 e. The van der Waals surface area contributed by atoms with E-state index in [2.05, 4.69) is 9.88 Å². The Bertz CT molecular complexity index is 549. The third kappa shape index (κ3) is 7.07. The zero-order chi connectivity index (χ0) is 17.2. The zero-order valence-corrected chi connectivity index (χ0v) is 12.3. The molecule has 0 bridgehead atoms. The lowest BCUT2D eigenvalue weighted by Crippen LogP contribution is -2.36. The van der Waals surface area contributed by atoms with Gasteiger partial charge >= 0.3 is 17.9 Å². The molecule has 2 rings (SSSR count). The Hall–Kier alpha value is -2.90. The molecule has 1 aromatic heterocycles. The SMILES string of the molecule is O=C(O)/C=C\C(=O)O.O=C(O)C1CCN(c2ccccn2)CC1. The van der Waals surface area contributed by atoms with Gasteiger partial charge in [0.2, 0.25) is 0 Å². The molecule has 1 saturated heterocycles. The van der Waals surface area contributed by atoms with Gasteiger partial charge in [-0.2, -0.15) is 0 Å². The van der Waals surface area contributed by atoms with Gasteiger partial charge in [-0.05, 0) is 25.0 Å². The quantitative estimate of drug-likeness (QED) is 0.703. The number of hydrogen-bond acceptors (Lipinski definition) is 5. The third-order valence-corrected chi connectivity index (χ3v) is 3.19. The molecule has 8 nitrogen and oxygen atoms in total. The van der Waals surface area contributed by atoms with E-state index in [9.17, 15) is 14.4 Å². The minimum Gasteiger partial charge on any atom is -0.481 e. The van der Waals surface area contributed by atoms with Gasteiger partial charge in [0.25, 0.3) is 0 Å². The summed E-state index contributed by atoms with van der Waals surface area (Å²) in [5, 5.41) is 24.5. The monoisotopic (exact) mass is 322 g/mol.